The zero-order valence-electron chi connectivity index (χ0n) is 51.7. The Bertz CT molecular complexity index is 2310. The number of hydrogen-bond donors (Lipinski definition) is 2. The van der Waals surface area contributed by atoms with Crippen molar-refractivity contribution in [1.82, 2.24) is 19.6 Å². The number of benzene rings is 2. The van der Waals surface area contributed by atoms with Gasteiger partial charge in [0.1, 0.15) is 5.78 Å². The van der Waals surface area contributed by atoms with E-state index >= 15 is 0 Å². The fourth-order valence-corrected chi connectivity index (χ4v) is 11.5. The molecule has 11 atom stereocenters. The Balaban J connectivity index is 0.000000569. The number of aliphatic hydroxyl groups excluding tert-OH is 1. The van der Waals surface area contributed by atoms with Crippen LogP contribution in [0.1, 0.15) is 164 Å². The lowest BCUT2D eigenvalue weighted by molar-refractivity contribution is -0.149. The second-order valence-electron chi connectivity index (χ2n) is 23.4. The molecule has 2 fully saturated rings. The minimum absolute atomic E-state index is 0.0176. The molecule has 2 aliphatic heterocycles. The quantitative estimate of drug-likeness (QED) is 0.0504. The normalized spacial score (nSPS) is 18.7. The highest BCUT2D eigenvalue weighted by molar-refractivity contribution is 6.03. The number of aliphatic hydroxyl groups is 1. The van der Waals surface area contributed by atoms with Crippen LogP contribution < -0.4 is 5.32 Å². The van der Waals surface area contributed by atoms with Crippen LogP contribution >= 0.6 is 0 Å². The number of aryl methyl sites for hydroxylation is 1. The molecule has 2 aromatic rings. The van der Waals surface area contributed by atoms with E-state index in [0.29, 0.717) is 38.9 Å². The zero-order valence-corrected chi connectivity index (χ0v) is 51.7. The lowest BCUT2D eigenvalue weighted by Gasteiger charge is -2.41. The predicted molar refractivity (Wildman–Crippen MR) is 316 cm³/mol. The minimum Gasteiger partial charge on any atom is -0.450 e. The third kappa shape index (κ3) is 20.4. The maximum atomic E-state index is 14.4. The van der Waals surface area contributed by atoms with E-state index in [0.717, 1.165) is 49.8 Å². The predicted octanol–water partition coefficient (Wildman–Crippen LogP) is 9.90. The smallest absolute Gasteiger partial charge is 0.410 e. The number of methoxy groups -OCH3 is 2. The third-order valence-electron chi connectivity index (χ3n) is 16.7. The summed E-state index contributed by atoms with van der Waals surface area (Å²) in [7, 11) is 6.40. The number of nitrogens with zero attached hydrogens (tertiary/aromatic N) is 4. The first-order valence-corrected chi connectivity index (χ1v) is 29.8. The molecule has 2 aromatic carbocycles. The van der Waals surface area contributed by atoms with Crippen molar-refractivity contribution in [2.75, 3.05) is 59.9 Å². The van der Waals surface area contributed by atoms with Crippen molar-refractivity contribution >= 4 is 52.8 Å². The molecule has 2 N–H and O–H groups in total. The summed E-state index contributed by atoms with van der Waals surface area (Å²) in [5.74, 6) is -2.51. The van der Waals surface area contributed by atoms with Gasteiger partial charge in [-0.15, -0.1) is 0 Å². The Hall–Kier alpha value is -5.52. The summed E-state index contributed by atoms with van der Waals surface area (Å²) in [4.78, 5) is 111. The number of ether oxygens (including phenoxy) is 3. The lowest BCUT2D eigenvalue weighted by Crippen LogP contribution is -2.54. The van der Waals surface area contributed by atoms with Gasteiger partial charge in [-0.05, 0) is 87.3 Å². The molecule has 2 heterocycles. The fraction of sp³-hybridized carbons (Fsp3) is 0.688. The van der Waals surface area contributed by atoms with Crippen molar-refractivity contribution in [2.45, 2.75) is 190 Å². The van der Waals surface area contributed by atoms with Crippen molar-refractivity contribution in [2.24, 2.45) is 41.4 Å². The standard InChI is InChI=1S/C44H73N3O9.C20H28N2O3/c1-14-29(7)40(45(10)43(52)33(27(3)4)25-36(49)39(28(5)6)46(11)44(53)56-15-2)37(54-12)26-38(50)47-23-19-22-34(47)42(55-13)31(9)35(48)24-30(8)41(51)32-20-17-16-18-21-32;1-3-16-13-19(24)22(20(16)25)12-6-4-5-7-18(23)14-21-17-10-8-15(2)9-11-17/h16-18,20-21,27-31,33-34,37,39-42,51H,14-15,19,22-26H2,1-13H3;8-11,16,21H,3-7,12-14H2,1-2H3/t29-,30-,31-,33?,34-,37+,39-,40-,41+,42+;/m0./s1. The Morgan fingerprint density at radius 3 is 1.99 bits per heavy atom. The SMILES string of the molecule is CCC1CC(=O)N(CCCCCC(=O)CNc2ccc(C)cc2)C1=O.CCOC(=O)N(C)[C@H](C(=O)CC(C(=O)N(C)[C@@H]([C@@H](C)CC)[C@@H](CC(=O)N1CCC[C@H]1[C@H](OC)[C@@H](C)C(=O)C[C@H](C)[C@@H](O)c1ccccc1)OC)C(C)C)C(C)C. The molecule has 0 saturated carbocycles. The number of unbranched alkanes of at least 4 members (excludes halogenated alkanes) is 2. The van der Waals surface area contributed by atoms with Crippen LogP contribution in [0, 0.1) is 48.3 Å². The number of likely N-dealkylation sites (N-methyl/N-ethyl adjacent to an activating group) is 2. The molecule has 4 rings (SSSR count). The molecule has 2 saturated heterocycles. The van der Waals surface area contributed by atoms with Gasteiger partial charge in [-0.25, -0.2) is 4.79 Å². The van der Waals surface area contributed by atoms with Crippen molar-refractivity contribution in [3.63, 3.8) is 0 Å². The number of nitrogens with one attached hydrogen (secondary N) is 1. The maximum Gasteiger partial charge on any atom is 0.410 e. The van der Waals surface area contributed by atoms with Crippen LogP contribution in [0.4, 0.5) is 10.5 Å². The van der Waals surface area contributed by atoms with Crippen LogP contribution in [0.25, 0.3) is 0 Å². The highest BCUT2D eigenvalue weighted by Crippen LogP contribution is 2.33. The summed E-state index contributed by atoms with van der Waals surface area (Å²) in [6.07, 6.45) is 3.79. The number of amides is 5. The van der Waals surface area contributed by atoms with Gasteiger partial charge in [0, 0.05) is 90.5 Å². The molecule has 2 aliphatic rings. The van der Waals surface area contributed by atoms with Crippen LogP contribution in [-0.2, 0) is 47.8 Å². The first kappa shape index (κ1) is 69.7. The zero-order chi connectivity index (χ0) is 60.7. The molecule has 454 valence electrons. The van der Waals surface area contributed by atoms with E-state index < -0.39 is 48.3 Å². The number of rotatable bonds is 33. The average Bonchev–Trinajstić information content (AvgIpc) is 4.10. The van der Waals surface area contributed by atoms with E-state index in [2.05, 4.69) is 5.32 Å². The number of carbonyl (C=O) groups excluding carboxylic acids is 8. The first-order chi connectivity index (χ1) is 38.4. The number of ketones is 3. The minimum atomic E-state index is -0.779. The van der Waals surface area contributed by atoms with Crippen LogP contribution in [0.3, 0.4) is 0 Å². The van der Waals surface area contributed by atoms with Crippen molar-refractivity contribution in [3.8, 4) is 0 Å². The van der Waals surface area contributed by atoms with Crippen LogP contribution in [0.5, 0.6) is 0 Å². The molecule has 0 aromatic heterocycles. The van der Waals surface area contributed by atoms with Crippen molar-refractivity contribution in [3.05, 3.63) is 65.7 Å². The molecule has 81 heavy (non-hydrogen) atoms. The van der Waals surface area contributed by atoms with Gasteiger partial charge in [0.2, 0.25) is 23.6 Å². The largest absolute Gasteiger partial charge is 0.450 e. The molecule has 0 radical (unpaired) electrons. The number of anilines is 1. The molecule has 0 aliphatic carbocycles. The van der Waals surface area contributed by atoms with E-state index in [1.165, 1.54) is 15.4 Å². The number of hydrogen-bond acceptors (Lipinski definition) is 13. The first-order valence-electron chi connectivity index (χ1n) is 29.8. The molecule has 5 amide bonds. The summed E-state index contributed by atoms with van der Waals surface area (Å²) in [5, 5.41) is 14.0. The topological polar surface area (TPSA) is 209 Å². The fourth-order valence-electron chi connectivity index (χ4n) is 11.5. The van der Waals surface area contributed by atoms with Crippen LogP contribution in [0.2, 0.25) is 0 Å². The van der Waals surface area contributed by atoms with Gasteiger partial charge in [-0.2, -0.15) is 0 Å². The van der Waals surface area contributed by atoms with Gasteiger partial charge in [0.15, 0.2) is 11.6 Å². The summed E-state index contributed by atoms with van der Waals surface area (Å²) < 4.78 is 17.2. The van der Waals surface area contributed by atoms with E-state index in [1.54, 1.807) is 40.1 Å². The van der Waals surface area contributed by atoms with Gasteiger partial charge < -0.3 is 39.3 Å². The van der Waals surface area contributed by atoms with Gasteiger partial charge >= 0.3 is 6.09 Å². The van der Waals surface area contributed by atoms with Crippen LogP contribution in [-0.4, -0.2) is 157 Å². The second kappa shape index (κ2) is 34.8. The summed E-state index contributed by atoms with van der Waals surface area (Å²) in [6, 6.07) is 15.7. The molecule has 17 nitrogen and oxygen atoms in total. The summed E-state index contributed by atoms with van der Waals surface area (Å²) >= 11 is 0. The number of Topliss-reactive ketones (excluding diaryl/α,β-unsaturated/α-hetero) is 3. The lowest BCUT2D eigenvalue weighted by atomic mass is 9.83. The van der Waals surface area contributed by atoms with E-state index in [4.69, 9.17) is 14.2 Å². The monoisotopic (exact) mass is 1130 g/mol. The highest BCUT2D eigenvalue weighted by Gasteiger charge is 2.44. The Morgan fingerprint density at radius 2 is 1.43 bits per heavy atom. The number of imide groups is 1. The highest BCUT2D eigenvalue weighted by atomic mass is 16.6. The third-order valence-corrected chi connectivity index (χ3v) is 16.7. The molecular weight excluding hydrogens is 1030 g/mol. The molecule has 2 unspecified atom stereocenters. The molecule has 17 heteroatoms. The molecular formula is C64H101N5O12. The van der Waals surface area contributed by atoms with Crippen molar-refractivity contribution in [1.29, 1.82) is 0 Å². The average molecular weight is 1130 g/mol. The summed E-state index contributed by atoms with van der Waals surface area (Å²) in [5.41, 5.74) is 2.91. The number of likely N-dealkylation sites (tertiary alicyclic amines) is 2. The maximum absolute atomic E-state index is 14.4. The van der Waals surface area contributed by atoms with Crippen LogP contribution in [0.15, 0.2) is 54.6 Å². The van der Waals surface area contributed by atoms with E-state index in [9.17, 15) is 43.5 Å². The van der Waals surface area contributed by atoms with Crippen molar-refractivity contribution < 1.29 is 57.7 Å². The van der Waals surface area contributed by atoms with E-state index in [-0.39, 0.29) is 102 Å². The molecule has 0 bridgehead atoms. The van der Waals surface area contributed by atoms with Gasteiger partial charge in [0.05, 0.1) is 56.0 Å². The van der Waals surface area contributed by atoms with Gasteiger partial charge in [-0.3, -0.25) is 38.5 Å². The van der Waals surface area contributed by atoms with E-state index in [1.807, 2.05) is 129 Å². The molecule has 0 spiro atoms. The Kier molecular flexibility index (Phi) is 30.0. The van der Waals surface area contributed by atoms with Gasteiger partial charge in [-0.1, -0.05) is 123 Å². The Morgan fingerprint density at radius 1 is 0.778 bits per heavy atom. The second-order valence-corrected chi connectivity index (χ2v) is 23.4. The summed E-state index contributed by atoms with van der Waals surface area (Å²) in [6.45, 7) is 22.5. The number of carbonyl (C=O) groups is 8. The van der Waals surface area contributed by atoms with Gasteiger partial charge in [0.25, 0.3) is 0 Å². The Labute approximate surface area is 484 Å².